The molecule has 30 heavy (non-hydrogen) atoms. The third-order valence-corrected chi connectivity index (χ3v) is 4.32. The summed E-state index contributed by atoms with van der Waals surface area (Å²) in [6, 6.07) is 21.9. The Bertz CT molecular complexity index is 979. The Morgan fingerprint density at radius 2 is 0.933 bits per heavy atom. The van der Waals surface area contributed by atoms with Crippen LogP contribution in [0, 0.1) is 13.8 Å². The molecule has 2 amide bonds. The highest BCUT2D eigenvalue weighted by Gasteiger charge is 2.03. The fourth-order valence-electron chi connectivity index (χ4n) is 2.54. The third-order valence-electron chi connectivity index (χ3n) is 4.32. The Kier molecular flexibility index (Phi) is 6.84. The standard InChI is InChI=1S/C24H22N4O2/c1-17-3-11-21(12-4-17)23(29)27-25-15-19-7-9-20(10-8-19)16-26-28-24(30)22-13-5-18(2)6-14-22/h3-16H,1-2H3,(H,27,29)(H,28,30). The zero-order valence-corrected chi connectivity index (χ0v) is 16.8. The molecule has 0 fully saturated rings. The summed E-state index contributed by atoms with van der Waals surface area (Å²) in [6.07, 6.45) is 3.12. The van der Waals surface area contributed by atoms with Gasteiger partial charge in [-0.25, -0.2) is 10.9 Å². The predicted octanol–water partition coefficient (Wildman–Crippen LogP) is 3.83. The van der Waals surface area contributed by atoms with Crippen LogP contribution in [0.1, 0.15) is 43.0 Å². The molecule has 150 valence electrons. The molecule has 3 rings (SSSR count). The molecule has 3 aromatic rings. The molecule has 0 aliphatic carbocycles. The van der Waals surface area contributed by atoms with Gasteiger partial charge < -0.3 is 0 Å². The Balaban J connectivity index is 1.50. The Morgan fingerprint density at radius 1 is 0.600 bits per heavy atom. The van der Waals surface area contributed by atoms with Crippen molar-refractivity contribution in [2.45, 2.75) is 13.8 Å². The van der Waals surface area contributed by atoms with Gasteiger partial charge in [0, 0.05) is 11.1 Å². The van der Waals surface area contributed by atoms with E-state index in [0.717, 1.165) is 22.3 Å². The van der Waals surface area contributed by atoms with Gasteiger partial charge in [-0.2, -0.15) is 10.2 Å². The van der Waals surface area contributed by atoms with Gasteiger partial charge in [-0.3, -0.25) is 9.59 Å². The molecule has 0 heterocycles. The Hall–Kier alpha value is -4.06. The van der Waals surface area contributed by atoms with Crippen molar-refractivity contribution in [2.24, 2.45) is 10.2 Å². The van der Waals surface area contributed by atoms with Gasteiger partial charge in [0.25, 0.3) is 11.8 Å². The average molecular weight is 398 g/mol. The number of hydrogen-bond donors (Lipinski definition) is 2. The minimum Gasteiger partial charge on any atom is -0.267 e. The van der Waals surface area contributed by atoms with Crippen molar-refractivity contribution in [3.8, 4) is 0 Å². The smallest absolute Gasteiger partial charge is 0.267 e. The van der Waals surface area contributed by atoms with Gasteiger partial charge >= 0.3 is 0 Å². The van der Waals surface area contributed by atoms with E-state index in [1.807, 2.05) is 62.4 Å². The maximum Gasteiger partial charge on any atom is 0.271 e. The molecule has 0 unspecified atom stereocenters. The number of hydrazone groups is 2. The average Bonchev–Trinajstić information content (AvgIpc) is 2.75. The maximum atomic E-state index is 12.0. The van der Waals surface area contributed by atoms with Gasteiger partial charge in [-0.05, 0) is 49.2 Å². The van der Waals surface area contributed by atoms with Crippen LogP contribution >= 0.6 is 0 Å². The summed E-state index contributed by atoms with van der Waals surface area (Å²) in [6.45, 7) is 3.93. The van der Waals surface area contributed by atoms with Gasteiger partial charge in [0.15, 0.2) is 0 Å². The fourth-order valence-corrected chi connectivity index (χ4v) is 2.54. The summed E-state index contributed by atoms with van der Waals surface area (Å²) in [5.74, 6) is -0.529. The molecule has 0 bridgehead atoms. The van der Waals surface area contributed by atoms with E-state index in [1.54, 1.807) is 36.7 Å². The zero-order valence-electron chi connectivity index (χ0n) is 16.8. The van der Waals surface area contributed by atoms with E-state index in [-0.39, 0.29) is 11.8 Å². The number of rotatable bonds is 6. The normalized spacial score (nSPS) is 11.0. The molecular formula is C24H22N4O2. The van der Waals surface area contributed by atoms with Crippen LogP contribution < -0.4 is 10.9 Å². The summed E-state index contributed by atoms with van der Waals surface area (Å²) in [5.41, 5.74) is 9.93. The molecule has 0 spiro atoms. The second kappa shape index (κ2) is 9.93. The van der Waals surface area contributed by atoms with Crippen molar-refractivity contribution >= 4 is 24.2 Å². The molecule has 0 aromatic heterocycles. The van der Waals surface area contributed by atoms with Crippen molar-refractivity contribution in [3.63, 3.8) is 0 Å². The van der Waals surface area contributed by atoms with E-state index >= 15 is 0 Å². The molecule has 0 aliphatic rings. The number of aryl methyl sites for hydroxylation is 2. The van der Waals surface area contributed by atoms with Crippen molar-refractivity contribution < 1.29 is 9.59 Å². The first-order valence-corrected chi connectivity index (χ1v) is 9.41. The quantitative estimate of drug-likeness (QED) is 0.489. The number of nitrogens with one attached hydrogen (secondary N) is 2. The van der Waals surface area contributed by atoms with Crippen LogP contribution in [0.15, 0.2) is 83.0 Å². The number of amides is 2. The monoisotopic (exact) mass is 398 g/mol. The summed E-state index contributed by atoms with van der Waals surface area (Å²) in [4.78, 5) is 24.0. The molecule has 2 N–H and O–H groups in total. The van der Waals surface area contributed by atoms with Crippen LogP contribution in [0.2, 0.25) is 0 Å². The summed E-state index contributed by atoms with van der Waals surface area (Å²) in [5, 5.41) is 7.96. The van der Waals surface area contributed by atoms with Crippen molar-refractivity contribution in [3.05, 3.63) is 106 Å². The van der Waals surface area contributed by atoms with Gasteiger partial charge in [-0.15, -0.1) is 0 Å². The first-order valence-electron chi connectivity index (χ1n) is 9.41. The van der Waals surface area contributed by atoms with E-state index in [9.17, 15) is 9.59 Å². The lowest BCUT2D eigenvalue weighted by Crippen LogP contribution is -2.17. The van der Waals surface area contributed by atoms with Gasteiger partial charge in [0.05, 0.1) is 12.4 Å². The number of carbonyl (C=O) groups excluding carboxylic acids is 2. The Labute approximate surface area is 175 Å². The highest BCUT2D eigenvalue weighted by molar-refractivity contribution is 5.95. The first-order chi connectivity index (χ1) is 14.5. The maximum absolute atomic E-state index is 12.0. The molecule has 0 radical (unpaired) electrons. The molecule has 6 nitrogen and oxygen atoms in total. The van der Waals surface area contributed by atoms with Crippen molar-refractivity contribution in [1.29, 1.82) is 0 Å². The fraction of sp³-hybridized carbons (Fsp3) is 0.0833. The molecule has 0 atom stereocenters. The third kappa shape index (κ3) is 5.97. The largest absolute Gasteiger partial charge is 0.271 e. The summed E-state index contributed by atoms with van der Waals surface area (Å²) in [7, 11) is 0. The molecule has 3 aromatic carbocycles. The lowest BCUT2D eigenvalue weighted by molar-refractivity contribution is 0.0947. The molecule has 6 heteroatoms. The van der Waals surface area contributed by atoms with Gasteiger partial charge in [0.2, 0.25) is 0 Å². The van der Waals surface area contributed by atoms with Crippen LogP contribution in [-0.2, 0) is 0 Å². The number of hydrogen-bond acceptors (Lipinski definition) is 4. The van der Waals surface area contributed by atoms with Crippen LogP contribution in [-0.4, -0.2) is 24.2 Å². The summed E-state index contributed by atoms with van der Waals surface area (Å²) >= 11 is 0. The van der Waals surface area contributed by atoms with E-state index in [4.69, 9.17) is 0 Å². The van der Waals surface area contributed by atoms with Crippen LogP contribution in [0.25, 0.3) is 0 Å². The SMILES string of the molecule is Cc1ccc(C(=O)NN=Cc2ccc(C=NNC(=O)c3ccc(C)cc3)cc2)cc1. The predicted molar refractivity (Wildman–Crippen MR) is 119 cm³/mol. The van der Waals surface area contributed by atoms with Crippen LogP contribution in [0.3, 0.4) is 0 Å². The minimum absolute atomic E-state index is 0.265. The lowest BCUT2D eigenvalue weighted by atomic mass is 10.1. The topological polar surface area (TPSA) is 82.9 Å². The number of nitrogens with zero attached hydrogens (tertiary/aromatic N) is 2. The van der Waals surface area contributed by atoms with E-state index in [2.05, 4.69) is 21.1 Å². The van der Waals surface area contributed by atoms with E-state index < -0.39 is 0 Å². The Morgan fingerprint density at radius 3 is 1.27 bits per heavy atom. The van der Waals surface area contributed by atoms with Gasteiger partial charge in [-0.1, -0.05) is 59.7 Å². The van der Waals surface area contributed by atoms with Crippen molar-refractivity contribution in [2.75, 3.05) is 0 Å². The van der Waals surface area contributed by atoms with E-state index in [0.29, 0.717) is 11.1 Å². The lowest BCUT2D eigenvalue weighted by Gasteiger charge is -2.01. The molecule has 0 aliphatic heterocycles. The van der Waals surface area contributed by atoms with Crippen molar-refractivity contribution in [1.82, 2.24) is 10.9 Å². The number of benzene rings is 3. The second-order valence-corrected chi connectivity index (χ2v) is 6.80. The van der Waals surface area contributed by atoms with Crippen LogP contribution in [0.4, 0.5) is 0 Å². The van der Waals surface area contributed by atoms with Gasteiger partial charge in [0.1, 0.15) is 0 Å². The first kappa shape index (κ1) is 20.7. The molecule has 0 saturated carbocycles. The van der Waals surface area contributed by atoms with E-state index in [1.165, 1.54) is 0 Å². The summed E-state index contributed by atoms with van der Waals surface area (Å²) < 4.78 is 0. The second-order valence-electron chi connectivity index (χ2n) is 6.80. The highest BCUT2D eigenvalue weighted by Crippen LogP contribution is 2.04. The van der Waals surface area contributed by atoms with Crippen LogP contribution in [0.5, 0.6) is 0 Å². The number of carbonyl (C=O) groups is 2. The highest BCUT2D eigenvalue weighted by atomic mass is 16.2. The minimum atomic E-state index is -0.265. The molecular weight excluding hydrogens is 376 g/mol. The molecule has 0 saturated heterocycles. The zero-order chi connectivity index (χ0) is 21.3.